The summed E-state index contributed by atoms with van der Waals surface area (Å²) in [4.78, 5) is 12.1. The van der Waals surface area contributed by atoms with E-state index >= 15 is 0 Å². The van der Waals surface area contributed by atoms with Crippen LogP contribution >= 0.6 is 15.9 Å². The van der Waals surface area contributed by atoms with Crippen molar-refractivity contribution in [3.05, 3.63) is 46.3 Å². The number of hydrogen-bond donors (Lipinski definition) is 1. The lowest BCUT2D eigenvalue weighted by molar-refractivity contribution is 0.0938. The van der Waals surface area contributed by atoms with Crippen LogP contribution in [0.4, 0.5) is 0 Å². The van der Waals surface area contributed by atoms with E-state index in [2.05, 4.69) is 21.2 Å². The normalized spacial score (nSPS) is 14.6. The molecule has 2 heterocycles. The van der Waals surface area contributed by atoms with Gasteiger partial charge in [-0.2, -0.15) is 0 Å². The van der Waals surface area contributed by atoms with E-state index in [0.29, 0.717) is 29.2 Å². The monoisotopic (exact) mass is 351 g/mol. The first-order valence-corrected chi connectivity index (χ1v) is 7.38. The van der Waals surface area contributed by atoms with Gasteiger partial charge in [-0.1, -0.05) is 6.07 Å². The Morgan fingerprint density at radius 2 is 2.00 bits per heavy atom. The molecule has 6 heteroatoms. The Bertz CT molecular complexity index is 667. The van der Waals surface area contributed by atoms with Gasteiger partial charge in [0.25, 0.3) is 5.91 Å². The number of benzene rings is 1. The largest absolute Gasteiger partial charge is 0.486 e. The maximum atomic E-state index is 12.1. The molecule has 1 aliphatic rings. The number of fused-ring (bicyclic) bond motifs is 1. The third kappa shape index (κ3) is 2.90. The van der Waals surface area contributed by atoms with Gasteiger partial charge < -0.3 is 19.2 Å². The van der Waals surface area contributed by atoms with Gasteiger partial charge in [-0.05, 0) is 46.6 Å². The highest BCUT2D eigenvalue weighted by molar-refractivity contribution is 9.10. The number of furan rings is 1. The van der Waals surface area contributed by atoms with E-state index in [4.69, 9.17) is 13.9 Å². The lowest BCUT2D eigenvalue weighted by atomic mass is 10.1. The van der Waals surface area contributed by atoms with E-state index in [1.165, 1.54) is 6.26 Å². The molecule has 3 rings (SSSR count). The molecule has 0 spiro atoms. The van der Waals surface area contributed by atoms with E-state index in [-0.39, 0.29) is 11.9 Å². The first-order chi connectivity index (χ1) is 10.1. The van der Waals surface area contributed by atoms with Crippen LogP contribution in [0.2, 0.25) is 0 Å². The Labute approximate surface area is 130 Å². The van der Waals surface area contributed by atoms with Crippen LogP contribution in [0.3, 0.4) is 0 Å². The highest BCUT2D eigenvalue weighted by Crippen LogP contribution is 2.32. The second-order valence-electron chi connectivity index (χ2n) is 4.71. The SMILES string of the molecule is CC(NC(=O)c1ccoc1Br)c1ccc2c(c1)OCCO2. The Kier molecular flexibility index (Phi) is 3.88. The summed E-state index contributed by atoms with van der Waals surface area (Å²) in [6.45, 7) is 3.02. The summed E-state index contributed by atoms with van der Waals surface area (Å²) in [6, 6.07) is 7.14. The maximum absolute atomic E-state index is 12.1. The Morgan fingerprint density at radius 3 is 2.71 bits per heavy atom. The average molecular weight is 352 g/mol. The van der Waals surface area contributed by atoms with Gasteiger partial charge >= 0.3 is 0 Å². The molecule has 21 heavy (non-hydrogen) atoms. The van der Waals surface area contributed by atoms with E-state index in [9.17, 15) is 4.79 Å². The summed E-state index contributed by atoms with van der Waals surface area (Å²) >= 11 is 3.20. The summed E-state index contributed by atoms with van der Waals surface area (Å²) in [5.41, 5.74) is 1.42. The van der Waals surface area contributed by atoms with Crippen molar-refractivity contribution in [2.45, 2.75) is 13.0 Å². The predicted molar refractivity (Wildman–Crippen MR) is 79.7 cm³/mol. The summed E-state index contributed by atoms with van der Waals surface area (Å²) in [5.74, 6) is 1.25. The summed E-state index contributed by atoms with van der Waals surface area (Å²) in [7, 11) is 0. The topological polar surface area (TPSA) is 60.7 Å². The fraction of sp³-hybridized carbons (Fsp3) is 0.267. The molecule has 0 radical (unpaired) electrons. The van der Waals surface area contributed by atoms with Gasteiger partial charge in [-0.25, -0.2) is 0 Å². The first kappa shape index (κ1) is 14.0. The van der Waals surface area contributed by atoms with Crippen molar-refractivity contribution < 1.29 is 18.7 Å². The van der Waals surface area contributed by atoms with Crippen molar-refractivity contribution >= 4 is 21.8 Å². The Morgan fingerprint density at radius 1 is 1.24 bits per heavy atom. The van der Waals surface area contributed by atoms with Gasteiger partial charge in [0.15, 0.2) is 16.2 Å². The molecule has 0 aliphatic carbocycles. The fourth-order valence-electron chi connectivity index (χ4n) is 2.14. The molecule has 0 saturated heterocycles. The van der Waals surface area contributed by atoms with Crippen molar-refractivity contribution in [1.82, 2.24) is 5.32 Å². The van der Waals surface area contributed by atoms with Gasteiger partial charge in [-0.3, -0.25) is 4.79 Å². The lowest BCUT2D eigenvalue weighted by Crippen LogP contribution is -2.26. The molecule has 0 bridgehead atoms. The van der Waals surface area contributed by atoms with Gasteiger partial charge in [0.05, 0.1) is 17.9 Å². The molecule has 1 aromatic heterocycles. The number of carbonyl (C=O) groups excluding carboxylic acids is 1. The summed E-state index contributed by atoms with van der Waals surface area (Å²) < 4.78 is 16.5. The lowest BCUT2D eigenvalue weighted by Gasteiger charge is -2.21. The molecule has 1 N–H and O–H groups in total. The molecule has 110 valence electrons. The molecule has 1 amide bonds. The predicted octanol–water partition coefficient (Wildman–Crippen LogP) is 3.30. The van der Waals surface area contributed by atoms with Gasteiger partial charge in [-0.15, -0.1) is 0 Å². The highest BCUT2D eigenvalue weighted by Gasteiger charge is 2.18. The van der Waals surface area contributed by atoms with Crippen LogP contribution in [0.5, 0.6) is 11.5 Å². The number of rotatable bonds is 3. The number of halogens is 1. The zero-order valence-electron chi connectivity index (χ0n) is 11.4. The van der Waals surface area contributed by atoms with Crippen molar-refractivity contribution in [2.24, 2.45) is 0 Å². The fourth-order valence-corrected chi connectivity index (χ4v) is 2.56. The number of hydrogen-bond acceptors (Lipinski definition) is 4. The minimum Gasteiger partial charge on any atom is -0.486 e. The van der Waals surface area contributed by atoms with Crippen LogP contribution in [0.1, 0.15) is 28.9 Å². The van der Waals surface area contributed by atoms with Crippen LogP contribution in [0.15, 0.2) is 39.6 Å². The third-order valence-corrected chi connectivity index (χ3v) is 3.89. The minimum atomic E-state index is -0.196. The molecule has 2 aromatic rings. The number of ether oxygens (including phenoxy) is 2. The average Bonchev–Trinajstić information content (AvgIpc) is 2.93. The van der Waals surface area contributed by atoms with Gasteiger partial charge in [0, 0.05) is 0 Å². The summed E-state index contributed by atoms with van der Waals surface area (Å²) in [5, 5.41) is 2.92. The molecule has 1 atom stereocenters. The molecule has 1 aliphatic heterocycles. The van der Waals surface area contributed by atoms with Crippen LogP contribution in [-0.2, 0) is 0 Å². The standard InChI is InChI=1S/C15H14BrNO4/c1-9(17-15(18)11-4-5-21-14(11)16)10-2-3-12-13(8-10)20-7-6-19-12/h2-5,8-9H,6-7H2,1H3,(H,17,18). The second kappa shape index (κ2) is 5.81. The molecular weight excluding hydrogens is 338 g/mol. The Hall–Kier alpha value is -1.95. The molecule has 5 nitrogen and oxygen atoms in total. The van der Waals surface area contributed by atoms with Crippen molar-refractivity contribution in [3.8, 4) is 11.5 Å². The molecular formula is C15H14BrNO4. The van der Waals surface area contributed by atoms with Crippen LogP contribution < -0.4 is 14.8 Å². The third-order valence-electron chi connectivity index (χ3n) is 3.28. The number of nitrogens with one attached hydrogen (secondary N) is 1. The van der Waals surface area contributed by atoms with E-state index in [1.807, 2.05) is 25.1 Å². The van der Waals surface area contributed by atoms with Gasteiger partial charge in [0.2, 0.25) is 0 Å². The van der Waals surface area contributed by atoms with Crippen LogP contribution in [0.25, 0.3) is 0 Å². The molecule has 0 fully saturated rings. The molecule has 1 unspecified atom stereocenters. The second-order valence-corrected chi connectivity index (χ2v) is 5.43. The number of amides is 1. The van der Waals surface area contributed by atoms with Crippen molar-refractivity contribution in [3.63, 3.8) is 0 Å². The zero-order chi connectivity index (χ0) is 14.8. The number of carbonyl (C=O) groups is 1. The van der Waals surface area contributed by atoms with Gasteiger partial charge in [0.1, 0.15) is 13.2 Å². The van der Waals surface area contributed by atoms with E-state index in [0.717, 1.165) is 11.3 Å². The molecule has 1 aromatic carbocycles. The quantitative estimate of drug-likeness (QED) is 0.921. The van der Waals surface area contributed by atoms with Crippen molar-refractivity contribution in [1.29, 1.82) is 0 Å². The van der Waals surface area contributed by atoms with Crippen molar-refractivity contribution in [2.75, 3.05) is 13.2 Å². The van der Waals surface area contributed by atoms with Crippen LogP contribution in [-0.4, -0.2) is 19.1 Å². The van der Waals surface area contributed by atoms with E-state index < -0.39 is 0 Å². The van der Waals surface area contributed by atoms with Crippen LogP contribution in [0, 0.1) is 0 Å². The zero-order valence-corrected chi connectivity index (χ0v) is 13.0. The highest BCUT2D eigenvalue weighted by atomic mass is 79.9. The smallest absolute Gasteiger partial charge is 0.256 e. The minimum absolute atomic E-state index is 0.157. The Balaban J connectivity index is 1.75. The van der Waals surface area contributed by atoms with E-state index in [1.54, 1.807) is 6.07 Å². The molecule has 0 saturated carbocycles. The summed E-state index contributed by atoms with van der Waals surface area (Å²) in [6.07, 6.45) is 1.47. The maximum Gasteiger partial charge on any atom is 0.256 e. The first-order valence-electron chi connectivity index (χ1n) is 6.58.